The molecule has 10 heteroatoms. The standard InChI is InChI=1S/C34H44FN5O4/c1-44-30-19-24(2-5-28(30)36)32(42)37-25-20-34(21-25)11-16-39(17-12-34)13-8-22-9-14-40(15-10-22)29-6-3-23(18-27(29)35)26-4-7-31(41)38-33(26)43/h2-3,5-6,18-19,22,25-26H,4,7-17,20-21,36H2,1H3,(H,37,42)(H,38,41,43). The molecule has 44 heavy (non-hydrogen) atoms. The van der Waals surface area contributed by atoms with Crippen LogP contribution in [0.2, 0.25) is 0 Å². The molecule has 2 aromatic carbocycles. The summed E-state index contributed by atoms with van der Waals surface area (Å²) >= 11 is 0. The molecule has 1 aliphatic carbocycles. The van der Waals surface area contributed by atoms with Crippen molar-refractivity contribution in [1.82, 2.24) is 15.5 Å². The molecular formula is C34H44FN5O4. The first-order valence-corrected chi connectivity index (χ1v) is 16.1. The predicted molar refractivity (Wildman–Crippen MR) is 167 cm³/mol. The predicted octanol–water partition coefficient (Wildman–Crippen LogP) is 4.22. The fraction of sp³-hybridized carbons (Fsp3) is 0.559. The van der Waals surface area contributed by atoms with Crippen LogP contribution in [0.1, 0.15) is 79.6 Å². The van der Waals surface area contributed by atoms with Crippen LogP contribution in [0.25, 0.3) is 0 Å². The number of carbonyl (C=O) groups is 3. The highest BCUT2D eigenvalue weighted by molar-refractivity contribution is 6.01. The van der Waals surface area contributed by atoms with Gasteiger partial charge in [-0.25, -0.2) is 4.39 Å². The fourth-order valence-corrected chi connectivity index (χ4v) is 7.70. The highest BCUT2D eigenvalue weighted by Gasteiger charge is 2.46. The van der Waals surface area contributed by atoms with E-state index in [1.54, 1.807) is 31.4 Å². The molecule has 0 aromatic heterocycles. The van der Waals surface area contributed by atoms with E-state index in [0.29, 0.717) is 46.0 Å². The van der Waals surface area contributed by atoms with Gasteiger partial charge in [0, 0.05) is 31.1 Å². The van der Waals surface area contributed by atoms with Gasteiger partial charge in [-0.1, -0.05) is 6.07 Å². The number of piperidine rings is 3. The first-order valence-electron chi connectivity index (χ1n) is 16.1. The van der Waals surface area contributed by atoms with Gasteiger partial charge in [0.15, 0.2) is 0 Å². The van der Waals surface area contributed by atoms with Crippen molar-refractivity contribution in [2.75, 3.05) is 50.5 Å². The molecule has 0 radical (unpaired) electrons. The number of rotatable bonds is 8. The number of anilines is 2. The third-order valence-electron chi connectivity index (χ3n) is 10.5. The zero-order valence-electron chi connectivity index (χ0n) is 25.6. The largest absolute Gasteiger partial charge is 0.495 e. The zero-order valence-corrected chi connectivity index (χ0v) is 25.6. The van der Waals surface area contributed by atoms with Crippen LogP contribution in [0.15, 0.2) is 36.4 Å². The van der Waals surface area contributed by atoms with Crippen molar-refractivity contribution < 1.29 is 23.5 Å². The van der Waals surface area contributed by atoms with Crippen LogP contribution in [0.4, 0.5) is 15.8 Å². The number of amides is 3. The number of ether oxygens (including phenoxy) is 1. The van der Waals surface area contributed by atoms with Crippen molar-refractivity contribution in [2.45, 2.75) is 69.7 Å². The highest BCUT2D eigenvalue weighted by Crippen LogP contribution is 2.49. The van der Waals surface area contributed by atoms with Crippen LogP contribution in [-0.2, 0) is 9.59 Å². The van der Waals surface area contributed by atoms with E-state index >= 15 is 4.39 Å². The molecule has 6 rings (SSSR count). The molecule has 4 N–H and O–H groups in total. The SMILES string of the molecule is COc1cc(C(=O)NC2CC3(CCN(CCC4CCN(c5ccc(C6CCC(=O)NC6=O)cc5F)CC4)CC3)C2)ccc1N. The van der Waals surface area contributed by atoms with Crippen LogP contribution >= 0.6 is 0 Å². The van der Waals surface area contributed by atoms with Crippen LogP contribution in [0, 0.1) is 17.2 Å². The number of methoxy groups -OCH3 is 1. The van der Waals surface area contributed by atoms with E-state index in [0.717, 1.165) is 58.4 Å². The van der Waals surface area contributed by atoms with Gasteiger partial charge in [0.25, 0.3) is 5.91 Å². The third kappa shape index (κ3) is 6.55. The van der Waals surface area contributed by atoms with Gasteiger partial charge >= 0.3 is 0 Å². The van der Waals surface area contributed by atoms with E-state index in [9.17, 15) is 14.4 Å². The maximum atomic E-state index is 15.1. The van der Waals surface area contributed by atoms with Gasteiger partial charge in [-0.3, -0.25) is 19.7 Å². The Morgan fingerprint density at radius 2 is 1.82 bits per heavy atom. The minimum atomic E-state index is -0.469. The minimum Gasteiger partial charge on any atom is -0.495 e. The van der Waals surface area contributed by atoms with E-state index in [-0.39, 0.29) is 36.0 Å². The van der Waals surface area contributed by atoms with E-state index in [2.05, 4.69) is 20.4 Å². The molecule has 3 amide bonds. The summed E-state index contributed by atoms with van der Waals surface area (Å²) in [6.45, 7) is 4.99. The number of likely N-dealkylation sites (tertiary alicyclic amines) is 1. The number of nitrogens with two attached hydrogens (primary N) is 1. The summed E-state index contributed by atoms with van der Waals surface area (Å²) < 4.78 is 20.4. The molecule has 4 fully saturated rings. The normalized spacial score (nSPS) is 22.9. The molecule has 2 aromatic rings. The van der Waals surface area contributed by atoms with Crippen molar-refractivity contribution in [3.8, 4) is 5.75 Å². The Kier molecular flexibility index (Phi) is 8.80. The second kappa shape index (κ2) is 12.8. The quantitative estimate of drug-likeness (QED) is 0.305. The minimum absolute atomic E-state index is 0.0707. The Balaban J connectivity index is 0.897. The summed E-state index contributed by atoms with van der Waals surface area (Å²) in [7, 11) is 1.55. The Bertz CT molecular complexity index is 1390. The lowest BCUT2D eigenvalue weighted by Crippen LogP contribution is -2.55. The van der Waals surface area contributed by atoms with E-state index < -0.39 is 5.92 Å². The molecule has 1 saturated carbocycles. The van der Waals surface area contributed by atoms with Crippen LogP contribution in [0.5, 0.6) is 5.75 Å². The molecule has 1 atom stereocenters. The van der Waals surface area contributed by atoms with Gasteiger partial charge in [-0.15, -0.1) is 0 Å². The number of nitrogen functional groups attached to an aromatic ring is 1. The summed E-state index contributed by atoms with van der Waals surface area (Å²) in [5.41, 5.74) is 8.57. The van der Waals surface area contributed by atoms with Crippen LogP contribution in [0.3, 0.4) is 0 Å². The summed E-state index contributed by atoms with van der Waals surface area (Å²) in [5.74, 6) is -0.271. The average Bonchev–Trinajstić information content (AvgIpc) is 3.00. The van der Waals surface area contributed by atoms with Gasteiger partial charge < -0.3 is 25.6 Å². The number of hydrogen-bond donors (Lipinski definition) is 3. The molecule has 1 unspecified atom stereocenters. The third-order valence-corrected chi connectivity index (χ3v) is 10.5. The molecule has 4 aliphatic rings. The van der Waals surface area contributed by atoms with Crippen molar-refractivity contribution in [3.63, 3.8) is 0 Å². The first kappa shape index (κ1) is 30.4. The Hall–Kier alpha value is -3.66. The lowest BCUT2D eigenvalue weighted by Gasteiger charge is -2.52. The van der Waals surface area contributed by atoms with Gasteiger partial charge in [0.1, 0.15) is 11.6 Å². The Labute approximate surface area is 258 Å². The molecule has 9 nitrogen and oxygen atoms in total. The van der Waals surface area contributed by atoms with E-state index in [1.165, 1.54) is 25.3 Å². The van der Waals surface area contributed by atoms with Crippen LogP contribution in [-0.4, -0.2) is 68.5 Å². The summed E-state index contributed by atoms with van der Waals surface area (Å²) in [5, 5.41) is 5.55. The monoisotopic (exact) mass is 605 g/mol. The Morgan fingerprint density at radius 3 is 2.50 bits per heavy atom. The Morgan fingerprint density at radius 1 is 1.07 bits per heavy atom. The lowest BCUT2D eigenvalue weighted by atomic mass is 9.60. The van der Waals surface area contributed by atoms with Gasteiger partial charge in [-0.05, 0) is 118 Å². The number of nitrogens with one attached hydrogen (secondary N) is 2. The van der Waals surface area contributed by atoms with Crippen molar-refractivity contribution in [1.29, 1.82) is 0 Å². The topological polar surface area (TPSA) is 117 Å². The maximum Gasteiger partial charge on any atom is 0.251 e. The number of imide groups is 1. The second-order valence-electron chi connectivity index (χ2n) is 13.3. The van der Waals surface area contributed by atoms with E-state index in [4.69, 9.17) is 10.5 Å². The van der Waals surface area contributed by atoms with Gasteiger partial charge in [0.2, 0.25) is 11.8 Å². The smallest absolute Gasteiger partial charge is 0.251 e. The fourth-order valence-electron chi connectivity index (χ4n) is 7.70. The van der Waals surface area contributed by atoms with Gasteiger partial charge in [0.05, 0.1) is 24.4 Å². The van der Waals surface area contributed by atoms with Gasteiger partial charge in [-0.2, -0.15) is 0 Å². The second-order valence-corrected chi connectivity index (χ2v) is 13.3. The summed E-state index contributed by atoms with van der Waals surface area (Å²) in [4.78, 5) is 41.1. The zero-order chi connectivity index (χ0) is 30.8. The molecule has 3 heterocycles. The van der Waals surface area contributed by atoms with E-state index in [1.807, 2.05) is 6.07 Å². The number of hydrogen-bond acceptors (Lipinski definition) is 7. The molecular weight excluding hydrogens is 561 g/mol. The number of carbonyl (C=O) groups excluding carboxylic acids is 3. The number of nitrogens with zero attached hydrogens (tertiary/aromatic N) is 2. The van der Waals surface area contributed by atoms with Crippen molar-refractivity contribution in [3.05, 3.63) is 53.3 Å². The maximum absolute atomic E-state index is 15.1. The highest BCUT2D eigenvalue weighted by atomic mass is 19.1. The number of halogens is 1. The average molecular weight is 606 g/mol. The summed E-state index contributed by atoms with van der Waals surface area (Å²) in [6.07, 6.45) is 8.43. The first-order chi connectivity index (χ1) is 21.2. The van der Waals surface area contributed by atoms with Crippen molar-refractivity contribution >= 4 is 29.1 Å². The lowest BCUT2D eigenvalue weighted by molar-refractivity contribution is -0.134. The molecule has 0 bridgehead atoms. The summed E-state index contributed by atoms with van der Waals surface area (Å²) in [6, 6.07) is 10.5. The molecule has 3 aliphatic heterocycles. The van der Waals surface area contributed by atoms with Crippen molar-refractivity contribution in [2.24, 2.45) is 11.3 Å². The molecule has 236 valence electrons. The molecule has 3 saturated heterocycles. The molecule has 1 spiro atoms. The number of benzene rings is 2. The van der Waals surface area contributed by atoms with Crippen LogP contribution < -0.4 is 26.0 Å².